The molecule has 5 aliphatic rings. The maximum Gasteiger partial charge on any atom is 0.138 e. The van der Waals surface area contributed by atoms with Gasteiger partial charge in [0.2, 0.25) is 0 Å². The van der Waals surface area contributed by atoms with Crippen LogP contribution in [0.2, 0.25) is 0 Å². The maximum atomic E-state index is 4.66. The molecule has 0 saturated heterocycles. The molecule has 24 heavy (non-hydrogen) atoms. The fourth-order valence-corrected chi connectivity index (χ4v) is 8.07. The van der Waals surface area contributed by atoms with Crippen molar-refractivity contribution in [2.75, 3.05) is 11.9 Å². The van der Waals surface area contributed by atoms with Gasteiger partial charge < -0.3 is 5.32 Å². The van der Waals surface area contributed by atoms with Crippen LogP contribution in [0.5, 0.6) is 0 Å². The van der Waals surface area contributed by atoms with E-state index in [1.54, 1.807) is 16.8 Å². The Balaban J connectivity index is 1.31. The van der Waals surface area contributed by atoms with Gasteiger partial charge in [0.1, 0.15) is 17.0 Å². The fraction of sp³-hybridized carbons (Fsp3) is 0.700. The number of nitrogens with one attached hydrogen (secondary N) is 1. The summed E-state index contributed by atoms with van der Waals surface area (Å²) in [6.07, 6.45) is 14.5. The van der Waals surface area contributed by atoms with Crippen LogP contribution in [0.4, 0.5) is 5.82 Å². The van der Waals surface area contributed by atoms with Crippen molar-refractivity contribution in [2.24, 2.45) is 23.2 Å². The predicted octanol–water partition coefficient (Wildman–Crippen LogP) is 4.81. The third kappa shape index (κ3) is 2.01. The van der Waals surface area contributed by atoms with E-state index < -0.39 is 0 Å². The molecule has 2 aromatic heterocycles. The predicted molar refractivity (Wildman–Crippen MR) is 98.5 cm³/mol. The molecule has 1 N–H and O–H groups in total. The Bertz CT molecular complexity index is 773. The summed E-state index contributed by atoms with van der Waals surface area (Å²) in [6, 6.07) is 0. The van der Waals surface area contributed by atoms with E-state index in [9.17, 15) is 0 Å². The number of fused-ring (bicyclic) bond motifs is 3. The standard InChI is InChI=1S/C20H25N3S/c1-2-15-16(3-1)24-19-17(15)18(22-11-23-19)21-10-20-7-12-4-13(8-20)6-14(5-12)9-20/h11-14H,1-10H2,(H,21,22,23). The Morgan fingerprint density at radius 3 is 2.54 bits per heavy atom. The average molecular weight is 340 g/mol. The van der Waals surface area contributed by atoms with Gasteiger partial charge in [-0.3, -0.25) is 0 Å². The van der Waals surface area contributed by atoms with Crippen molar-refractivity contribution in [3.63, 3.8) is 0 Å². The summed E-state index contributed by atoms with van der Waals surface area (Å²) in [5.41, 5.74) is 2.11. The van der Waals surface area contributed by atoms with Gasteiger partial charge in [-0.25, -0.2) is 9.97 Å². The molecule has 0 spiro atoms. The van der Waals surface area contributed by atoms with Crippen LogP contribution in [0.25, 0.3) is 10.2 Å². The molecule has 4 bridgehead atoms. The number of aromatic nitrogens is 2. The molecule has 0 atom stereocenters. The van der Waals surface area contributed by atoms with Crippen molar-refractivity contribution in [1.29, 1.82) is 0 Å². The van der Waals surface area contributed by atoms with Crippen molar-refractivity contribution in [3.05, 3.63) is 16.8 Å². The third-order valence-electron chi connectivity index (χ3n) is 7.30. The Morgan fingerprint density at radius 2 is 1.79 bits per heavy atom. The van der Waals surface area contributed by atoms with Gasteiger partial charge in [-0.1, -0.05) is 0 Å². The number of thiophene rings is 1. The fourth-order valence-electron chi connectivity index (χ4n) is 6.84. The second kappa shape index (κ2) is 4.94. The van der Waals surface area contributed by atoms with Crippen molar-refractivity contribution in [1.82, 2.24) is 9.97 Å². The molecule has 7 rings (SSSR count). The third-order valence-corrected chi connectivity index (χ3v) is 8.50. The molecule has 3 nitrogen and oxygen atoms in total. The summed E-state index contributed by atoms with van der Waals surface area (Å²) in [6.45, 7) is 1.13. The molecule has 5 aliphatic carbocycles. The lowest BCUT2D eigenvalue weighted by molar-refractivity contribution is -0.0444. The van der Waals surface area contributed by atoms with E-state index in [0.29, 0.717) is 5.41 Å². The first-order valence-corrected chi connectivity index (χ1v) is 10.6. The van der Waals surface area contributed by atoms with Crippen molar-refractivity contribution >= 4 is 27.4 Å². The minimum atomic E-state index is 0.561. The largest absolute Gasteiger partial charge is 0.369 e. The molecular weight excluding hydrogens is 314 g/mol. The lowest BCUT2D eigenvalue weighted by atomic mass is 9.49. The topological polar surface area (TPSA) is 37.8 Å². The smallest absolute Gasteiger partial charge is 0.138 e. The van der Waals surface area contributed by atoms with Gasteiger partial charge in [0, 0.05) is 11.4 Å². The van der Waals surface area contributed by atoms with Gasteiger partial charge in [-0.05, 0) is 86.5 Å². The number of aryl methyl sites for hydroxylation is 2. The number of hydrogen-bond donors (Lipinski definition) is 1. The summed E-state index contributed by atoms with van der Waals surface area (Å²) in [5, 5.41) is 5.16. The molecule has 4 heteroatoms. The van der Waals surface area contributed by atoms with Gasteiger partial charge in [-0.15, -0.1) is 11.3 Å². The Morgan fingerprint density at radius 1 is 1.04 bits per heavy atom. The first-order valence-electron chi connectivity index (χ1n) is 9.77. The number of hydrogen-bond acceptors (Lipinski definition) is 4. The van der Waals surface area contributed by atoms with E-state index >= 15 is 0 Å². The SMILES string of the molecule is c1nc(NCC23CC4CC(CC(C4)C2)C3)c2c3c(sc2n1)CCC3. The Labute approximate surface area is 147 Å². The molecule has 4 fully saturated rings. The second-order valence-corrected chi connectivity index (χ2v) is 10.1. The number of nitrogens with zero attached hydrogens (tertiary/aromatic N) is 2. The van der Waals surface area contributed by atoms with E-state index in [0.717, 1.165) is 30.1 Å². The second-order valence-electron chi connectivity index (χ2n) is 9.03. The average Bonchev–Trinajstić information content (AvgIpc) is 3.12. The van der Waals surface area contributed by atoms with Crippen LogP contribution in [-0.4, -0.2) is 16.5 Å². The highest BCUT2D eigenvalue weighted by atomic mass is 32.1. The summed E-state index contributed by atoms with van der Waals surface area (Å²) in [4.78, 5) is 12.0. The zero-order chi connectivity index (χ0) is 15.7. The van der Waals surface area contributed by atoms with Crippen LogP contribution < -0.4 is 5.32 Å². The summed E-state index contributed by atoms with van der Waals surface area (Å²) in [7, 11) is 0. The molecule has 0 aromatic carbocycles. The highest BCUT2D eigenvalue weighted by Gasteiger charge is 2.50. The van der Waals surface area contributed by atoms with Crippen LogP contribution in [0.15, 0.2) is 6.33 Å². The van der Waals surface area contributed by atoms with E-state index in [-0.39, 0.29) is 0 Å². The minimum absolute atomic E-state index is 0.561. The zero-order valence-electron chi connectivity index (χ0n) is 14.2. The monoisotopic (exact) mass is 339 g/mol. The van der Waals surface area contributed by atoms with Crippen molar-refractivity contribution in [2.45, 2.75) is 57.8 Å². The van der Waals surface area contributed by atoms with Gasteiger partial charge in [0.15, 0.2) is 0 Å². The Hall–Kier alpha value is -1.16. The normalized spacial score (nSPS) is 36.4. The molecule has 0 aliphatic heterocycles. The van der Waals surface area contributed by atoms with Crippen molar-refractivity contribution < 1.29 is 0 Å². The van der Waals surface area contributed by atoms with Crippen LogP contribution in [0, 0.1) is 23.2 Å². The van der Waals surface area contributed by atoms with Crippen LogP contribution in [0.3, 0.4) is 0 Å². The van der Waals surface area contributed by atoms with Crippen molar-refractivity contribution in [3.8, 4) is 0 Å². The zero-order valence-corrected chi connectivity index (χ0v) is 15.0. The van der Waals surface area contributed by atoms with Gasteiger partial charge >= 0.3 is 0 Å². The van der Waals surface area contributed by atoms with E-state index in [4.69, 9.17) is 0 Å². The Kier molecular flexibility index (Phi) is 2.89. The van der Waals surface area contributed by atoms with Crippen LogP contribution in [-0.2, 0) is 12.8 Å². The highest BCUT2D eigenvalue weighted by molar-refractivity contribution is 7.19. The quantitative estimate of drug-likeness (QED) is 0.872. The summed E-state index contributed by atoms with van der Waals surface area (Å²) >= 11 is 1.89. The van der Waals surface area contributed by atoms with Gasteiger partial charge in [0.05, 0.1) is 5.39 Å². The maximum absolute atomic E-state index is 4.66. The van der Waals surface area contributed by atoms with Gasteiger partial charge in [0.25, 0.3) is 0 Å². The summed E-state index contributed by atoms with van der Waals surface area (Å²) < 4.78 is 0. The highest BCUT2D eigenvalue weighted by Crippen LogP contribution is 2.60. The molecular formula is C20H25N3S. The molecule has 2 heterocycles. The molecule has 2 aromatic rings. The number of rotatable bonds is 3. The van der Waals surface area contributed by atoms with Gasteiger partial charge in [-0.2, -0.15) is 0 Å². The molecule has 0 radical (unpaired) electrons. The molecule has 0 amide bonds. The van der Waals surface area contributed by atoms with E-state index in [1.165, 1.54) is 68.0 Å². The first-order chi connectivity index (χ1) is 11.8. The molecule has 4 saturated carbocycles. The lowest BCUT2D eigenvalue weighted by Gasteiger charge is -2.57. The molecule has 126 valence electrons. The first kappa shape index (κ1) is 14.1. The van der Waals surface area contributed by atoms with E-state index in [2.05, 4.69) is 15.3 Å². The molecule has 0 unspecified atom stereocenters. The summed E-state index contributed by atoms with van der Waals surface area (Å²) in [5.74, 6) is 4.19. The van der Waals surface area contributed by atoms with Crippen LogP contribution in [0.1, 0.15) is 55.4 Å². The number of anilines is 1. The van der Waals surface area contributed by atoms with Crippen LogP contribution >= 0.6 is 11.3 Å². The minimum Gasteiger partial charge on any atom is -0.369 e. The van der Waals surface area contributed by atoms with E-state index in [1.807, 2.05) is 11.3 Å². The lowest BCUT2D eigenvalue weighted by Crippen LogP contribution is -2.49.